The number of esters is 1. The second-order valence-electron chi connectivity index (χ2n) is 5.55. The van der Waals surface area contributed by atoms with Crippen molar-refractivity contribution in [2.75, 3.05) is 13.2 Å². The number of rotatable bonds is 7. The smallest absolute Gasteiger partial charge is 0.338 e. The lowest BCUT2D eigenvalue weighted by molar-refractivity contribution is -0.124. The van der Waals surface area contributed by atoms with E-state index in [1.54, 1.807) is 38.1 Å². The average molecular weight is 318 g/mol. The van der Waals surface area contributed by atoms with Gasteiger partial charge in [0, 0.05) is 0 Å². The quantitative estimate of drug-likeness (QED) is 0.779. The van der Waals surface area contributed by atoms with Crippen LogP contribution in [0.3, 0.4) is 0 Å². The van der Waals surface area contributed by atoms with Crippen LogP contribution in [0.4, 0.5) is 0 Å². The summed E-state index contributed by atoms with van der Waals surface area (Å²) in [5.41, 5.74) is -0.519. The maximum atomic E-state index is 11.9. The summed E-state index contributed by atoms with van der Waals surface area (Å²) >= 11 is 0. The molecule has 6 heteroatoms. The molecule has 0 aliphatic heterocycles. The van der Waals surface area contributed by atoms with Crippen molar-refractivity contribution in [3.05, 3.63) is 29.8 Å². The fraction of sp³-hybridized carbons (Fsp3) is 0.471. The molecule has 1 aromatic carbocycles. The summed E-state index contributed by atoms with van der Waals surface area (Å²) in [4.78, 5) is 23.4. The van der Waals surface area contributed by atoms with Crippen molar-refractivity contribution in [3.63, 3.8) is 0 Å². The van der Waals surface area contributed by atoms with E-state index in [9.17, 15) is 9.59 Å². The molecule has 0 fully saturated rings. The lowest BCUT2D eigenvalue weighted by Crippen LogP contribution is -2.50. The Morgan fingerprint density at radius 1 is 1.30 bits per heavy atom. The van der Waals surface area contributed by atoms with Crippen LogP contribution in [0.5, 0.6) is 5.75 Å². The van der Waals surface area contributed by atoms with Crippen LogP contribution in [0, 0.1) is 17.2 Å². The molecule has 0 saturated heterocycles. The van der Waals surface area contributed by atoms with Crippen LogP contribution in [0.2, 0.25) is 0 Å². The SMILES string of the molecule is CCOC(=O)c1ccc(OCC(=O)NC(C)(C#N)C(C)C)cc1. The summed E-state index contributed by atoms with van der Waals surface area (Å²) < 4.78 is 10.2. The van der Waals surface area contributed by atoms with Crippen LogP contribution in [0.25, 0.3) is 0 Å². The van der Waals surface area contributed by atoms with Crippen molar-refractivity contribution in [3.8, 4) is 11.8 Å². The highest BCUT2D eigenvalue weighted by Gasteiger charge is 2.29. The third-order valence-corrected chi connectivity index (χ3v) is 3.52. The predicted octanol–water partition coefficient (Wildman–Crippen LogP) is 2.30. The lowest BCUT2D eigenvalue weighted by Gasteiger charge is -2.27. The van der Waals surface area contributed by atoms with Gasteiger partial charge in [-0.2, -0.15) is 5.26 Å². The first-order valence-electron chi connectivity index (χ1n) is 7.44. The standard InChI is InChI=1S/C17H22N2O4/c1-5-22-16(21)13-6-8-14(9-7-13)23-10-15(20)19-17(4,11-18)12(2)3/h6-9,12H,5,10H2,1-4H3,(H,19,20). The van der Waals surface area contributed by atoms with Crippen LogP contribution in [0.15, 0.2) is 24.3 Å². The number of carbonyl (C=O) groups is 2. The van der Waals surface area contributed by atoms with E-state index >= 15 is 0 Å². The number of nitrogens with one attached hydrogen (secondary N) is 1. The predicted molar refractivity (Wildman–Crippen MR) is 84.9 cm³/mol. The van der Waals surface area contributed by atoms with Gasteiger partial charge in [-0.25, -0.2) is 4.79 Å². The summed E-state index contributed by atoms with van der Waals surface area (Å²) in [6.07, 6.45) is 0. The molecule has 0 radical (unpaired) electrons. The Bertz CT molecular complexity index is 590. The van der Waals surface area contributed by atoms with Gasteiger partial charge in [0.25, 0.3) is 5.91 Å². The van der Waals surface area contributed by atoms with E-state index in [1.807, 2.05) is 13.8 Å². The zero-order valence-electron chi connectivity index (χ0n) is 13.9. The molecule has 1 aromatic rings. The Morgan fingerprint density at radius 3 is 2.39 bits per heavy atom. The topological polar surface area (TPSA) is 88.4 Å². The Morgan fingerprint density at radius 2 is 1.91 bits per heavy atom. The molecule has 0 aliphatic carbocycles. The van der Waals surface area contributed by atoms with E-state index in [0.717, 1.165) is 0 Å². The Kier molecular flexibility index (Phi) is 6.58. The number of carbonyl (C=O) groups excluding carboxylic acids is 2. The zero-order valence-corrected chi connectivity index (χ0v) is 13.9. The minimum atomic E-state index is -0.936. The van der Waals surface area contributed by atoms with E-state index in [1.165, 1.54) is 0 Å². The minimum absolute atomic E-state index is 0.0275. The van der Waals surface area contributed by atoms with Crippen LogP contribution in [0.1, 0.15) is 38.1 Å². The van der Waals surface area contributed by atoms with Gasteiger partial charge in [-0.05, 0) is 44.0 Å². The van der Waals surface area contributed by atoms with Gasteiger partial charge in [-0.3, -0.25) is 4.79 Å². The molecule has 1 rings (SSSR count). The van der Waals surface area contributed by atoms with Gasteiger partial charge < -0.3 is 14.8 Å². The van der Waals surface area contributed by atoms with E-state index in [-0.39, 0.29) is 18.4 Å². The van der Waals surface area contributed by atoms with Crippen LogP contribution in [-0.4, -0.2) is 30.6 Å². The largest absolute Gasteiger partial charge is 0.484 e. The van der Waals surface area contributed by atoms with Crippen molar-refractivity contribution >= 4 is 11.9 Å². The molecule has 6 nitrogen and oxygen atoms in total. The van der Waals surface area contributed by atoms with E-state index < -0.39 is 11.5 Å². The van der Waals surface area contributed by atoms with Gasteiger partial charge in [0.2, 0.25) is 0 Å². The molecular weight excluding hydrogens is 296 g/mol. The van der Waals surface area contributed by atoms with E-state index in [4.69, 9.17) is 14.7 Å². The molecule has 1 unspecified atom stereocenters. The van der Waals surface area contributed by atoms with Crippen molar-refractivity contribution < 1.29 is 19.1 Å². The number of nitrogens with zero attached hydrogens (tertiary/aromatic N) is 1. The molecule has 0 heterocycles. The summed E-state index contributed by atoms with van der Waals surface area (Å²) in [7, 11) is 0. The number of amides is 1. The maximum absolute atomic E-state index is 11.9. The summed E-state index contributed by atoms with van der Waals surface area (Å²) in [6.45, 7) is 7.23. The third-order valence-electron chi connectivity index (χ3n) is 3.52. The molecule has 124 valence electrons. The highest BCUT2D eigenvalue weighted by molar-refractivity contribution is 5.89. The summed E-state index contributed by atoms with van der Waals surface area (Å²) in [5, 5.41) is 11.8. The number of hydrogen-bond donors (Lipinski definition) is 1. The van der Waals surface area contributed by atoms with Gasteiger partial charge in [0.05, 0.1) is 18.2 Å². The molecule has 0 saturated carbocycles. The van der Waals surface area contributed by atoms with Crippen molar-refractivity contribution in [2.24, 2.45) is 5.92 Å². The van der Waals surface area contributed by atoms with E-state index in [2.05, 4.69) is 11.4 Å². The molecule has 1 amide bonds. The Hall–Kier alpha value is -2.55. The molecule has 1 N–H and O–H groups in total. The van der Waals surface area contributed by atoms with Crippen LogP contribution < -0.4 is 10.1 Å². The fourth-order valence-electron chi connectivity index (χ4n) is 1.68. The molecule has 0 bridgehead atoms. The maximum Gasteiger partial charge on any atom is 0.338 e. The second kappa shape index (κ2) is 8.18. The summed E-state index contributed by atoms with van der Waals surface area (Å²) in [6, 6.07) is 8.41. The average Bonchev–Trinajstić information content (AvgIpc) is 2.53. The number of hydrogen-bond acceptors (Lipinski definition) is 5. The third kappa shape index (κ3) is 5.29. The first-order chi connectivity index (χ1) is 10.8. The fourth-order valence-corrected chi connectivity index (χ4v) is 1.68. The van der Waals surface area contributed by atoms with Crippen molar-refractivity contribution in [1.29, 1.82) is 5.26 Å². The number of nitriles is 1. The first kappa shape index (κ1) is 18.5. The van der Waals surface area contributed by atoms with Gasteiger partial charge >= 0.3 is 5.97 Å². The van der Waals surface area contributed by atoms with Gasteiger partial charge in [0.1, 0.15) is 11.3 Å². The lowest BCUT2D eigenvalue weighted by atomic mass is 9.90. The van der Waals surface area contributed by atoms with Crippen molar-refractivity contribution in [2.45, 2.75) is 33.2 Å². The minimum Gasteiger partial charge on any atom is -0.484 e. The highest BCUT2D eigenvalue weighted by atomic mass is 16.5. The molecule has 0 aromatic heterocycles. The van der Waals surface area contributed by atoms with Gasteiger partial charge in [-0.15, -0.1) is 0 Å². The molecule has 23 heavy (non-hydrogen) atoms. The number of benzene rings is 1. The second-order valence-corrected chi connectivity index (χ2v) is 5.55. The van der Waals surface area contributed by atoms with Gasteiger partial charge in [0.15, 0.2) is 6.61 Å². The van der Waals surface area contributed by atoms with Crippen LogP contribution >= 0.6 is 0 Å². The summed E-state index contributed by atoms with van der Waals surface area (Å²) in [5.74, 6) is -0.354. The zero-order chi connectivity index (χ0) is 17.5. The highest BCUT2D eigenvalue weighted by Crippen LogP contribution is 2.16. The monoisotopic (exact) mass is 318 g/mol. The molecule has 0 aliphatic rings. The number of ether oxygens (including phenoxy) is 2. The Labute approximate surface area is 136 Å². The van der Waals surface area contributed by atoms with Gasteiger partial charge in [-0.1, -0.05) is 13.8 Å². The van der Waals surface area contributed by atoms with E-state index in [0.29, 0.717) is 17.9 Å². The molecular formula is C17H22N2O4. The normalized spacial score (nSPS) is 12.9. The molecule has 1 atom stereocenters. The Balaban J connectivity index is 2.57. The van der Waals surface area contributed by atoms with Crippen molar-refractivity contribution in [1.82, 2.24) is 5.32 Å². The first-order valence-corrected chi connectivity index (χ1v) is 7.44. The molecule has 0 spiro atoms. The van der Waals surface area contributed by atoms with Crippen LogP contribution in [-0.2, 0) is 9.53 Å².